The molecular weight excluding hydrogens is 154 g/mol. The zero-order valence-electron chi connectivity index (χ0n) is 6.92. The molecule has 1 aliphatic rings. The van der Waals surface area contributed by atoms with Crippen molar-refractivity contribution < 1.29 is 9.90 Å². The minimum atomic E-state index is -0.864. The molecule has 0 amide bonds. The molecule has 1 atom stereocenters. The van der Waals surface area contributed by atoms with Gasteiger partial charge in [0.25, 0.3) is 0 Å². The van der Waals surface area contributed by atoms with Crippen LogP contribution in [0.15, 0.2) is 6.07 Å². The van der Waals surface area contributed by atoms with Crippen molar-refractivity contribution in [3.8, 4) is 0 Å². The molecule has 12 heavy (non-hydrogen) atoms. The van der Waals surface area contributed by atoms with Crippen LogP contribution >= 0.6 is 0 Å². The van der Waals surface area contributed by atoms with Gasteiger partial charge in [0.1, 0.15) is 5.69 Å². The van der Waals surface area contributed by atoms with Crippen molar-refractivity contribution in [2.75, 3.05) is 0 Å². The molecule has 0 saturated heterocycles. The average molecular weight is 165 g/mol. The maximum Gasteiger partial charge on any atom is 0.352 e. The Hall–Kier alpha value is -1.25. The predicted molar refractivity (Wildman–Crippen MR) is 44.5 cm³/mol. The molecule has 0 fully saturated rings. The maximum atomic E-state index is 10.6. The number of carboxylic acids is 1. The van der Waals surface area contributed by atoms with Crippen molar-refractivity contribution in [3.63, 3.8) is 0 Å². The van der Waals surface area contributed by atoms with E-state index >= 15 is 0 Å². The highest BCUT2D eigenvalue weighted by molar-refractivity contribution is 5.86. The fourth-order valence-electron chi connectivity index (χ4n) is 1.79. The van der Waals surface area contributed by atoms with Crippen molar-refractivity contribution in [1.82, 2.24) is 4.98 Å². The van der Waals surface area contributed by atoms with Crippen LogP contribution in [-0.4, -0.2) is 16.1 Å². The Labute approximate surface area is 70.4 Å². The number of aromatic carboxylic acids is 1. The Morgan fingerprint density at radius 3 is 3.08 bits per heavy atom. The van der Waals surface area contributed by atoms with Crippen LogP contribution in [0.1, 0.15) is 41.0 Å². The lowest BCUT2D eigenvalue weighted by Crippen LogP contribution is -1.96. The van der Waals surface area contributed by atoms with Crippen LogP contribution in [0, 0.1) is 0 Å². The van der Waals surface area contributed by atoms with E-state index < -0.39 is 5.97 Å². The van der Waals surface area contributed by atoms with E-state index in [2.05, 4.69) is 11.9 Å². The number of aromatic amines is 1. The van der Waals surface area contributed by atoms with E-state index in [1.165, 1.54) is 5.56 Å². The predicted octanol–water partition coefficient (Wildman–Crippen LogP) is 1.76. The van der Waals surface area contributed by atoms with Crippen molar-refractivity contribution in [3.05, 3.63) is 23.0 Å². The first-order valence-corrected chi connectivity index (χ1v) is 4.13. The fourth-order valence-corrected chi connectivity index (χ4v) is 1.79. The molecule has 2 rings (SSSR count). The highest BCUT2D eigenvalue weighted by atomic mass is 16.4. The third-order valence-corrected chi connectivity index (χ3v) is 2.52. The van der Waals surface area contributed by atoms with E-state index in [-0.39, 0.29) is 0 Å². The molecule has 0 saturated carbocycles. The molecule has 1 aliphatic carbocycles. The summed E-state index contributed by atoms with van der Waals surface area (Å²) in [6.45, 7) is 2.13. The van der Waals surface area contributed by atoms with Crippen LogP contribution in [0.3, 0.4) is 0 Å². The first kappa shape index (κ1) is 7.40. The van der Waals surface area contributed by atoms with E-state index in [0.717, 1.165) is 18.5 Å². The lowest BCUT2D eigenvalue weighted by atomic mass is 10.1. The summed E-state index contributed by atoms with van der Waals surface area (Å²) in [7, 11) is 0. The van der Waals surface area contributed by atoms with Gasteiger partial charge in [-0.05, 0) is 30.4 Å². The standard InChI is InChI=1S/C9H11NO2/c1-5-2-3-7-6(5)4-8(10-7)9(11)12/h4-5,10H,2-3H2,1H3,(H,11,12). The number of aryl methyl sites for hydroxylation is 1. The van der Waals surface area contributed by atoms with Gasteiger partial charge in [0.15, 0.2) is 0 Å². The van der Waals surface area contributed by atoms with Gasteiger partial charge in [0, 0.05) is 5.69 Å². The summed E-state index contributed by atoms with van der Waals surface area (Å²) >= 11 is 0. The van der Waals surface area contributed by atoms with Crippen LogP contribution in [0.25, 0.3) is 0 Å². The molecular formula is C9H11NO2. The Balaban J connectivity index is 2.43. The normalized spacial score (nSPS) is 20.9. The van der Waals surface area contributed by atoms with Crippen molar-refractivity contribution in [2.24, 2.45) is 0 Å². The van der Waals surface area contributed by atoms with Crippen molar-refractivity contribution >= 4 is 5.97 Å². The Bertz CT molecular complexity index is 327. The highest BCUT2D eigenvalue weighted by Crippen LogP contribution is 2.32. The zero-order chi connectivity index (χ0) is 8.72. The summed E-state index contributed by atoms with van der Waals surface area (Å²) in [5.74, 6) is -0.346. The Kier molecular flexibility index (Phi) is 1.46. The lowest BCUT2D eigenvalue weighted by Gasteiger charge is -1.97. The summed E-state index contributed by atoms with van der Waals surface area (Å²) < 4.78 is 0. The Morgan fingerprint density at radius 2 is 2.50 bits per heavy atom. The first-order valence-electron chi connectivity index (χ1n) is 4.13. The highest BCUT2D eigenvalue weighted by Gasteiger charge is 2.22. The zero-order valence-corrected chi connectivity index (χ0v) is 6.92. The van der Waals surface area contributed by atoms with Gasteiger partial charge < -0.3 is 10.1 Å². The van der Waals surface area contributed by atoms with Gasteiger partial charge >= 0.3 is 5.97 Å². The maximum absolute atomic E-state index is 10.6. The summed E-state index contributed by atoms with van der Waals surface area (Å²) in [5, 5.41) is 8.70. The molecule has 64 valence electrons. The van der Waals surface area contributed by atoms with Gasteiger partial charge in [0.2, 0.25) is 0 Å². The smallest absolute Gasteiger partial charge is 0.352 e. The molecule has 0 aromatic carbocycles. The van der Waals surface area contributed by atoms with Crippen molar-refractivity contribution in [1.29, 1.82) is 0 Å². The Morgan fingerprint density at radius 1 is 1.75 bits per heavy atom. The third-order valence-electron chi connectivity index (χ3n) is 2.52. The number of H-pyrrole nitrogens is 1. The molecule has 3 nitrogen and oxygen atoms in total. The van der Waals surface area contributed by atoms with Gasteiger partial charge in [-0.2, -0.15) is 0 Å². The summed E-state index contributed by atoms with van der Waals surface area (Å²) in [6.07, 6.45) is 2.13. The molecule has 1 heterocycles. The largest absolute Gasteiger partial charge is 0.477 e. The van der Waals surface area contributed by atoms with Crippen LogP contribution in [0.2, 0.25) is 0 Å². The molecule has 2 N–H and O–H groups in total. The number of nitrogens with one attached hydrogen (secondary N) is 1. The minimum Gasteiger partial charge on any atom is -0.477 e. The van der Waals surface area contributed by atoms with Gasteiger partial charge in [-0.25, -0.2) is 4.79 Å². The number of hydrogen-bond donors (Lipinski definition) is 2. The van der Waals surface area contributed by atoms with Gasteiger partial charge in [-0.1, -0.05) is 6.92 Å². The second-order valence-corrected chi connectivity index (χ2v) is 3.36. The van der Waals surface area contributed by atoms with E-state index in [9.17, 15) is 4.79 Å². The second-order valence-electron chi connectivity index (χ2n) is 3.36. The van der Waals surface area contributed by atoms with Gasteiger partial charge in [0.05, 0.1) is 0 Å². The van der Waals surface area contributed by atoms with Gasteiger partial charge in [-0.15, -0.1) is 0 Å². The van der Waals surface area contributed by atoms with E-state index in [1.54, 1.807) is 6.07 Å². The van der Waals surface area contributed by atoms with Gasteiger partial charge in [-0.3, -0.25) is 0 Å². The molecule has 0 spiro atoms. The average Bonchev–Trinajstić information content (AvgIpc) is 2.53. The molecule has 0 aliphatic heterocycles. The van der Waals surface area contributed by atoms with Crippen molar-refractivity contribution in [2.45, 2.75) is 25.7 Å². The molecule has 3 heteroatoms. The third kappa shape index (κ3) is 0.932. The summed E-state index contributed by atoms with van der Waals surface area (Å²) in [6, 6.07) is 1.76. The lowest BCUT2D eigenvalue weighted by molar-refractivity contribution is 0.0691. The quantitative estimate of drug-likeness (QED) is 0.666. The van der Waals surface area contributed by atoms with Crippen LogP contribution in [-0.2, 0) is 6.42 Å². The van der Waals surface area contributed by atoms with Crippen LogP contribution in [0.5, 0.6) is 0 Å². The van der Waals surface area contributed by atoms with Crippen LogP contribution < -0.4 is 0 Å². The number of carboxylic acid groups (broad SMARTS) is 1. The SMILES string of the molecule is CC1CCc2[nH]c(C(=O)O)cc21. The number of carbonyl (C=O) groups is 1. The topological polar surface area (TPSA) is 53.1 Å². The summed E-state index contributed by atoms with van der Waals surface area (Å²) in [5.41, 5.74) is 2.62. The molecule has 0 bridgehead atoms. The molecule has 1 unspecified atom stereocenters. The van der Waals surface area contributed by atoms with E-state index in [4.69, 9.17) is 5.11 Å². The number of aromatic nitrogens is 1. The summed E-state index contributed by atoms with van der Waals surface area (Å²) in [4.78, 5) is 13.5. The fraction of sp³-hybridized carbons (Fsp3) is 0.444. The van der Waals surface area contributed by atoms with E-state index in [1.807, 2.05) is 0 Å². The van der Waals surface area contributed by atoms with E-state index in [0.29, 0.717) is 11.6 Å². The number of rotatable bonds is 1. The molecule has 0 radical (unpaired) electrons. The second kappa shape index (κ2) is 2.37. The number of fused-ring (bicyclic) bond motifs is 1. The minimum absolute atomic E-state index is 0.326. The molecule has 1 aromatic rings. The first-order chi connectivity index (χ1) is 5.68. The van der Waals surface area contributed by atoms with Crippen LogP contribution in [0.4, 0.5) is 0 Å². The number of hydrogen-bond acceptors (Lipinski definition) is 1. The monoisotopic (exact) mass is 165 g/mol. The molecule has 1 aromatic heterocycles.